The van der Waals surface area contributed by atoms with Crippen molar-refractivity contribution in [1.29, 1.82) is 0 Å². The SMILES string of the molecule is CCNC(Cc1nnn(C)n1)c1ccc(F)c(F)c1Br. The maximum absolute atomic E-state index is 13.6. The number of aryl methyl sites for hydroxylation is 1. The molecule has 0 saturated heterocycles. The van der Waals surface area contributed by atoms with Crippen LogP contribution in [0.4, 0.5) is 8.78 Å². The van der Waals surface area contributed by atoms with Gasteiger partial charge in [-0.2, -0.15) is 4.80 Å². The third kappa shape index (κ3) is 3.18. The predicted molar refractivity (Wildman–Crippen MR) is 73.0 cm³/mol. The highest BCUT2D eigenvalue weighted by molar-refractivity contribution is 9.10. The number of hydrogen-bond donors (Lipinski definition) is 1. The van der Waals surface area contributed by atoms with Gasteiger partial charge in [0.05, 0.1) is 11.5 Å². The Morgan fingerprint density at radius 1 is 1.40 bits per heavy atom. The maximum atomic E-state index is 13.6. The number of hydrogen-bond acceptors (Lipinski definition) is 4. The molecule has 0 aliphatic carbocycles. The normalized spacial score (nSPS) is 12.7. The first kappa shape index (κ1) is 15.0. The second-order valence-electron chi connectivity index (χ2n) is 4.27. The standard InChI is InChI=1S/C12H14BrF2N5/c1-3-16-9(6-10-17-19-20(2)18-10)7-4-5-8(14)12(15)11(7)13/h4-5,9,16H,3,6H2,1-2H3. The van der Waals surface area contributed by atoms with Crippen LogP contribution in [0.15, 0.2) is 16.6 Å². The van der Waals surface area contributed by atoms with Crippen LogP contribution in [0.3, 0.4) is 0 Å². The average molecular weight is 346 g/mol. The Hall–Kier alpha value is -1.41. The third-order valence-corrected chi connectivity index (χ3v) is 3.63. The maximum Gasteiger partial charge on any atom is 0.176 e. The molecule has 1 aromatic heterocycles. The molecule has 1 unspecified atom stereocenters. The minimum absolute atomic E-state index is 0.118. The van der Waals surface area contributed by atoms with Gasteiger partial charge in [0.25, 0.3) is 0 Å². The molecular weight excluding hydrogens is 332 g/mol. The van der Waals surface area contributed by atoms with Crippen LogP contribution in [0.25, 0.3) is 0 Å². The first-order valence-electron chi connectivity index (χ1n) is 6.12. The lowest BCUT2D eigenvalue weighted by molar-refractivity contribution is 0.488. The first-order valence-corrected chi connectivity index (χ1v) is 6.91. The van der Waals surface area contributed by atoms with Crippen LogP contribution >= 0.6 is 15.9 Å². The summed E-state index contributed by atoms with van der Waals surface area (Å²) in [5.41, 5.74) is 0.623. The number of nitrogens with zero attached hydrogens (tertiary/aromatic N) is 4. The summed E-state index contributed by atoms with van der Waals surface area (Å²) in [6.07, 6.45) is 0.436. The van der Waals surface area contributed by atoms with E-state index in [2.05, 4.69) is 36.7 Å². The van der Waals surface area contributed by atoms with Crippen LogP contribution < -0.4 is 5.32 Å². The number of tetrazole rings is 1. The zero-order chi connectivity index (χ0) is 14.7. The molecule has 0 fully saturated rings. The smallest absolute Gasteiger partial charge is 0.176 e. The summed E-state index contributed by atoms with van der Waals surface area (Å²) in [4.78, 5) is 1.36. The molecular formula is C12H14BrF2N5. The summed E-state index contributed by atoms with van der Waals surface area (Å²) in [7, 11) is 1.67. The van der Waals surface area contributed by atoms with Crippen molar-refractivity contribution in [2.45, 2.75) is 19.4 Å². The summed E-state index contributed by atoms with van der Waals surface area (Å²) in [6.45, 7) is 2.61. The van der Waals surface area contributed by atoms with E-state index in [0.717, 1.165) is 6.07 Å². The first-order chi connectivity index (χ1) is 9.52. The van der Waals surface area contributed by atoms with E-state index in [1.807, 2.05) is 6.92 Å². The van der Waals surface area contributed by atoms with Gasteiger partial charge >= 0.3 is 0 Å². The zero-order valence-corrected chi connectivity index (χ0v) is 12.7. The van der Waals surface area contributed by atoms with E-state index in [9.17, 15) is 8.78 Å². The van der Waals surface area contributed by atoms with Gasteiger partial charge in [0.15, 0.2) is 17.5 Å². The van der Waals surface area contributed by atoms with Gasteiger partial charge in [-0.05, 0) is 39.3 Å². The summed E-state index contributed by atoms with van der Waals surface area (Å²) in [5, 5.41) is 15.0. The molecule has 1 heterocycles. The van der Waals surface area contributed by atoms with Crippen molar-refractivity contribution in [3.63, 3.8) is 0 Å². The van der Waals surface area contributed by atoms with E-state index in [-0.39, 0.29) is 10.5 Å². The highest BCUT2D eigenvalue weighted by atomic mass is 79.9. The van der Waals surface area contributed by atoms with E-state index in [0.29, 0.717) is 24.4 Å². The van der Waals surface area contributed by atoms with E-state index in [1.165, 1.54) is 4.80 Å². The van der Waals surface area contributed by atoms with E-state index in [4.69, 9.17) is 0 Å². The molecule has 0 spiro atoms. The minimum Gasteiger partial charge on any atom is -0.310 e. The van der Waals surface area contributed by atoms with Crippen molar-refractivity contribution in [3.05, 3.63) is 39.6 Å². The number of halogens is 3. The van der Waals surface area contributed by atoms with Crippen molar-refractivity contribution in [2.75, 3.05) is 6.54 Å². The molecule has 1 aromatic carbocycles. The van der Waals surface area contributed by atoms with E-state index >= 15 is 0 Å². The molecule has 5 nitrogen and oxygen atoms in total. The molecule has 2 aromatic rings. The average Bonchev–Trinajstić information content (AvgIpc) is 2.81. The molecule has 20 heavy (non-hydrogen) atoms. The summed E-state index contributed by atoms with van der Waals surface area (Å²) < 4.78 is 26.9. The Morgan fingerprint density at radius 3 is 2.75 bits per heavy atom. The molecule has 0 amide bonds. The quantitative estimate of drug-likeness (QED) is 0.843. The second-order valence-corrected chi connectivity index (χ2v) is 5.07. The molecule has 0 aliphatic heterocycles. The third-order valence-electron chi connectivity index (χ3n) is 2.83. The molecule has 2 rings (SSSR count). The van der Waals surface area contributed by atoms with Crippen molar-refractivity contribution >= 4 is 15.9 Å². The zero-order valence-electron chi connectivity index (χ0n) is 11.1. The van der Waals surface area contributed by atoms with Gasteiger partial charge in [0.2, 0.25) is 0 Å². The Labute approximate surface area is 123 Å². The highest BCUT2D eigenvalue weighted by Gasteiger charge is 2.20. The van der Waals surface area contributed by atoms with Crippen molar-refractivity contribution < 1.29 is 8.78 Å². The largest absolute Gasteiger partial charge is 0.310 e. The van der Waals surface area contributed by atoms with Crippen LogP contribution in [0.5, 0.6) is 0 Å². The summed E-state index contributed by atoms with van der Waals surface area (Å²) >= 11 is 3.10. The minimum atomic E-state index is -0.891. The van der Waals surface area contributed by atoms with Gasteiger partial charge in [0.1, 0.15) is 0 Å². The number of nitrogens with one attached hydrogen (secondary N) is 1. The van der Waals surface area contributed by atoms with Crippen molar-refractivity contribution in [2.24, 2.45) is 7.05 Å². The number of likely N-dealkylation sites (N-methyl/N-ethyl adjacent to an activating group) is 1. The fourth-order valence-electron chi connectivity index (χ4n) is 1.94. The molecule has 108 valence electrons. The van der Waals surface area contributed by atoms with Gasteiger partial charge in [-0.3, -0.25) is 0 Å². The van der Waals surface area contributed by atoms with E-state index < -0.39 is 11.6 Å². The predicted octanol–water partition coefficient (Wildman–Crippen LogP) is 2.14. The van der Waals surface area contributed by atoms with Gasteiger partial charge in [-0.15, -0.1) is 10.2 Å². The van der Waals surface area contributed by atoms with Crippen molar-refractivity contribution in [3.8, 4) is 0 Å². The topological polar surface area (TPSA) is 55.6 Å². The van der Waals surface area contributed by atoms with Crippen LogP contribution in [-0.2, 0) is 13.5 Å². The van der Waals surface area contributed by atoms with Gasteiger partial charge < -0.3 is 5.32 Å². The molecule has 0 saturated carbocycles. The van der Waals surface area contributed by atoms with E-state index in [1.54, 1.807) is 13.1 Å². The molecule has 0 radical (unpaired) electrons. The Balaban J connectivity index is 2.31. The second kappa shape index (κ2) is 6.36. The van der Waals surface area contributed by atoms with Crippen LogP contribution in [-0.4, -0.2) is 26.8 Å². The van der Waals surface area contributed by atoms with Crippen molar-refractivity contribution in [1.82, 2.24) is 25.5 Å². The highest BCUT2D eigenvalue weighted by Crippen LogP contribution is 2.29. The molecule has 1 N–H and O–H groups in total. The summed E-state index contributed by atoms with van der Waals surface area (Å²) in [6, 6.07) is 2.43. The fraction of sp³-hybridized carbons (Fsp3) is 0.417. The van der Waals surface area contributed by atoms with Gasteiger partial charge in [-0.1, -0.05) is 13.0 Å². The monoisotopic (exact) mass is 345 g/mol. The Kier molecular flexibility index (Phi) is 4.77. The van der Waals surface area contributed by atoms with Crippen LogP contribution in [0.2, 0.25) is 0 Å². The lowest BCUT2D eigenvalue weighted by Crippen LogP contribution is -2.24. The molecule has 0 aliphatic rings. The molecule has 0 bridgehead atoms. The van der Waals surface area contributed by atoms with Gasteiger partial charge in [0, 0.05) is 12.5 Å². The lowest BCUT2D eigenvalue weighted by Gasteiger charge is -2.18. The fourth-order valence-corrected chi connectivity index (χ4v) is 2.53. The lowest BCUT2D eigenvalue weighted by atomic mass is 10.0. The van der Waals surface area contributed by atoms with Crippen LogP contribution in [0, 0.1) is 11.6 Å². The van der Waals surface area contributed by atoms with Gasteiger partial charge in [-0.25, -0.2) is 8.78 Å². The summed E-state index contributed by atoms with van der Waals surface area (Å²) in [5.74, 6) is -1.24. The van der Waals surface area contributed by atoms with Crippen LogP contribution in [0.1, 0.15) is 24.4 Å². The molecule has 8 heteroatoms. The Morgan fingerprint density at radius 2 is 2.15 bits per heavy atom. The Bertz CT molecular complexity index is 602. The number of benzene rings is 1. The number of rotatable bonds is 5. The number of aromatic nitrogens is 4. The molecule has 1 atom stereocenters.